The summed E-state index contributed by atoms with van der Waals surface area (Å²) in [7, 11) is 0. The van der Waals surface area contributed by atoms with Crippen LogP contribution in [0.4, 0.5) is 16.3 Å². The first kappa shape index (κ1) is 15.7. The molecule has 2 fully saturated rings. The molecule has 3 rings (SSSR count). The fraction of sp³-hybridized carbons (Fsp3) is 0.600. The molecule has 0 aliphatic carbocycles. The van der Waals surface area contributed by atoms with Gasteiger partial charge in [-0.1, -0.05) is 0 Å². The smallest absolute Gasteiger partial charge is 0.358 e. The largest absolute Gasteiger partial charge is 0.363 e. The molecule has 3 heterocycles. The number of nitrogens with zero attached hydrogens (tertiary/aromatic N) is 4. The van der Waals surface area contributed by atoms with E-state index in [0.29, 0.717) is 11.7 Å². The zero-order chi connectivity index (χ0) is 16.2. The number of hydrogen-bond donors (Lipinski definition) is 1. The highest BCUT2D eigenvalue weighted by Gasteiger charge is 2.28. The van der Waals surface area contributed by atoms with Gasteiger partial charge in [-0.15, -0.1) is 0 Å². The lowest BCUT2D eigenvalue weighted by Crippen LogP contribution is -2.47. The van der Waals surface area contributed by atoms with Gasteiger partial charge in [0.1, 0.15) is 0 Å². The molecular formula is C15H21N5O3. The number of nitro groups is 1. The second kappa shape index (κ2) is 6.91. The minimum Gasteiger partial charge on any atom is -0.358 e. The van der Waals surface area contributed by atoms with Crippen LogP contribution in [0.2, 0.25) is 0 Å². The molecule has 0 unspecified atom stereocenters. The van der Waals surface area contributed by atoms with Crippen molar-refractivity contribution in [3.63, 3.8) is 0 Å². The average molecular weight is 319 g/mol. The van der Waals surface area contributed by atoms with Crippen molar-refractivity contribution in [3.05, 3.63) is 28.4 Å². The third-order valence-corrected chi connectivity index (χ3v) is 4.59. The van der Waals surface area contributed by atoms with Crippen molar-refractivity contribution in [2.45, 2.75) is 31.7 Å². The molecule has 23 heavy (non-hydrogen) atoms. The Morgan fingerprint density at radius 3 is 2.48 bits per heavy atom. The first-order valence-electron chi connectivity index (χ1n) is 8.04. The van der Waals surface area contributed by atoms with Crippen LogP contribution in [0.15, 0.2) is 18.3 Å². The Balaban J connectivity index is 1.50. The molecule has 0 atom stereocenters. The first-order chi connectivity index (χ1) is 11.1. The third-order valence-electron chi connectivity index (χ3n) is 4.59. The summed E-state index contributed by atoms with van der Waals surface area (Å²) >= 11 is 0. The summed E-state index contributed by atoms with van der Waals surface area (Å²) in [5.41, 5.74) is 0.474. The number of piperidine rings is 1. The number of aromatic nitrogens is 1. The van der Waals surface area contributed by atoms with Gasteiger partial charge in [-0.25, -0.2) is 4.79 Å². The normalized spacial score (nSPS) is 19.7. The molecule has 1 aromatic rings. The van der Waals surface area contributed by atoms with Gasteiger partial charge in [0.15, 0.2) is 6.20 Å². The van der Waals surface area contributed by atoms with E-state index < -0.39 is 4.92 Å². The number of carbonyl (C=O) groups is 1. The van der Waals surface area contributed by atoms with E-state index in [4.69, 9.17) is 0 Å². The maximum absolute atomic E-state index is 12.3. The average Bonchev–Trinajstić information content (AvgIpc) is 3.10. The summed E-state index contributed by atoms with van der Waals surface area (Å²) in [5.74, 6) is -0.227. The summed E-state index contributed by atoms with van der Waals surface area (Å²) in [6, 6.07) is 3.22. The number of anilines is 1. The monoisotopic (exact) mass is 319 g/mol. The topological polar surface area (TPSA) is 91.6 Å². The molecular weight excluding hydrogens is 298 g/mol. The third kappa shape index (κ3) is 3.76. The van der Waals surface area contributed by atoms with Crippen molar-refractivity contribution < 1.29 is 9.72 Å². The number of amides is 2. The lowest BCUT2D eigenvalue weighted by atomic mass is 10.0. The number of likely N-dealkylation sites (tertiary alicyclic amines) is 2. The zero-order valence-electron chi connectivity index (χ0n) is 13.0. The molecule has 124 valence electrons. The highest BCUT2D eigenvalue weighted by atomic mass is 16.6. The second-order valence-electron chi connectivity index (χ2n) is 6.05. The summed E-state index contributed by atoms with van der Waals surface area (Å²) in [5, 5.41) is 13.3. The summed E-state index contributed by atoms with van der Waals surface area (Å²) in [6.07, 6.45) is 5.90. The van der Waals surface area contributed by atoms with Gasteiger partial charge in [0.05, 0.1) is 5.69 Å². The van der Waals surface area contributed by atoms with Crippen molar-refractivity contribution in [1.29, 1.82) is 0 Å². The molecule has 1 aromatic heterocycles. The van der Waals surface area contributed by atoms with Crippen molar-refractivity contribution in [2.24, 2.45) is 0 Å². The van der Waals surface area contributed by atoms with Gasteiger partial charge in [0.2, 0.25) is 0 Å². The Morgan fingerprint density at radius 1 is 1.22 bits per heavy atom. The van der Waals surface area contributed by atoms with Gasteiger partial charge in [-0.2, -0.15) is 0 Å². The van der Waals surface area contributed by atoms with E-state index in [0.717, 1.165) is 25.9 Å². The quantitative estimate of drug-likeness (QED) is 0.680. The van der Waals surface area contributed by atoms with Crippen LogP contribution in [0, 0.1) is 10.1 Å². The molecule has 0 radical (unpaired) electrons. The number of urea groups is 1. The molecule has 2 aliphatic heterocycles. The van der Waals surface area contributed by atoms with Crippen LogP contribution in [0.25, 0.3) is 0 Å². The molecule has 8 heteroatoms. The summed E-state index contributed by atoms with van der Waals surface area (Å²) in [4.78, 5) is 30.3. The highest BCUT2D eigenvalue weighted by molar-refractivity contribution is 5.89. The molecule has 1 N–H and O–H groups in total. The summed E-state index contributed by atoms with van der Waals surface area (Å²) < 4.78 is 0. The Hall–Kier alpha value is -2.22. The van der Waals surface area contributed by atoms with E-state index in [-0.39, 0.29) is 11.8 Å². The molecule has 2 amide bonds. The fourth-order valence-corrected chi connectivity index (χ4v) is 3.31. The van der Waals surface area contributed by atoms with Crippen LogP contribution >= 0.6 is 0 Å². The molecule has 2 saturated heterocycles. The van der Waals surface area contributed by atoms with Crippen molar-refractivity contribution >= 4 is 17.5 Å². The Bertz CT molecular complexity index is 563. The predicted molar refractivity (Wildman–Crippen MR) is 85.3 cm³/mol. The van der Waals surface area contributed by atoms with Crippen LogP contribution in [-0.2, 0) is 0 Å². The standard InChI is InChI=1S/C15H21N5O3/c21-15(17-12-3-4-14(16-11-12)20(22)23)19-9-5-13(6-10-19)18-7-1-2-8-18/h3-4,11,13H,1-2,5-10H2,(H,17,21). The first-order valence-corrected chi connectivity index (χ1v) is 8.04. The number of hydrogen-bond acceptors (Lipinski definition) is 5. The molecule has 8 nitrogen and oxygen atoms in total. The zero-order valence-corrected chi connectivity index (χ0v) is 13.0. The Morgan fingerprint density at radius 2 is 1.91 bits per heavy atom. The predicted octanol–water partition coefficient (Wildman–Crippen LogP) is 2.08. The lowest BCUT2D eigenvalue weighted by molar-refractivity contribution is -0.389. The summed E-state index contributed by atoms with van der Waals surface area (Å²) in [6.45, 7) is 3.86. The van der Waals surface area contributed by atoms with Gasteiger partial charge >= 0.3 is 11.8 Å². The van der Waals surface area contributed by atoms with Crippen LogP contribution in [0.5, 0.6) is 0 Å². The van der Waals surface area contributed by atoms with Crippen LogP contribution in [0.1, 0.15) is 25.7 Å². The van der Waals surface area contributed by atoms with Crippen molar-refractivity contribution in [2.75, 3.05) is 31.5 Å². The maximum Gasteiger partial charge on any atom is 0.363 e. The lowest BCUT2D eigenvalue weighted by Gasteiger charge is -2.36. The van der Waals surface area contributed by atoms with E-state index >= 15 is 0 Å². The van der Waals surface area contributed by atoms with Gasteiger partial charge in [-0.05, 0) is 54.7 Å². The van der Waals surface area contributed by atoms with Gasteiger partial charge in [0, 0.05) is 25.2 Å². The molecule has 0 saturated carbocycles. The van der Waals surface area contributed by atoms with Gasteiger partial charge < -0.3 is 25.2 Å². The number of pyridine rings is 1. The van der Waals surface area contributed by atoms with E-state index in [2.05, 4.69) is 15.2 Å². The number of rotatable bonds is 3. The number of nitrogens with one attached hydrogen (secondary N) is 1. The van der Waals surface area contributed by atoms with Crippen LogP contribution in [0.3, 0.4) is 0 Å². The minimum atomic E-state index is -0.561. The fourth-order valence-electron chi connectivity index (χ4n) is 3.31. The SMILES string of the molecule is O=C(Nc1ccc([N+](=O)[O-])nc1)N1CCC(N2CCCC2)CC1. The molecule has 0 bridgehead atoms. The Labute approximate surface area is 134 Å². The van der Waals surface area contributed by atoms with Gasteiger partial charge in [-0.3, -0.25) is 0 Å². The van der Waals surface area contributed by atoms with Crippen LogP contribution in [-0.4, -0.2) is 58.0 Å². The molecule has 2 aliphatic rings. The minimum absolute atomic E-state index is 0.166. The molecule has 0 aromatic carbocycles. The van der Waals surface area contributed by atoms with Crippen molar-refractivity contribution in [1.82, 2.24) is 14.8 Å². The maximum atomic E-state index is 12.3. The number of carbonyl (C=O) groups excluding carboxylic acids is 1. The van der Waals surface area contributed by atoms with E-state index in [1.807, 2.05) is 0 Å². The molecule has 0 spiro atoms. The van der Waals surface area contributed by atoms with E-state index in [9.17, 15) is 14.9 Å². The van der Waals surface area contributed by atoms with E-state index in [1.165, 1.54) is 44.3 Å². The highest BCUT2D eigenvalue weighted by Crippen LogP contribution is 2.21. The second-order valence-corrected chi connectivity index (χ2v) is 6.05. The van der Waals surface area contributed by atoms with Crippen molar-refractivity contribution in [3.8, 4) is 0 Å². The van der Waals surface area contributed by atoms with Crippen LogP contribution < -0.4 is 5.32 Å². The Kier molecular flexibility index (Phi) is 4.71. The van der Waals surface area contributed by atoms with Gasteiger partial charge in [0.25, 0.3) is 0 Å². The van der Waals surface area contributed by atoms with E-state index in [1.54, 1.807) is 4.90 Å².